The fraction of sp³-hybridized carbons (Fsp3) is 0.219. The number of aryl methyl sites for hydroxylation is 2. The van der Waals surface area contributed by atoms with Gasteiger partial charge in [-0.1, -0.05) is 46.3 Å². The maximum absolute atomic E-state index is 3.57. The fourth-order valence-electron chi connectivity index (χ4n) is 4.39. The fourth-order valence-corrected chi connectivity index (χ4v) is 4.66. The zero-order valence-corrected chi connectivity index (χ0v) is 22.9. The molecule has 0 saturated carbocycles. The van der Waals surface area contributed by atoms with Crippen molar-refractivity contribution in [3.05, 3.63) is 106 Å². The van der Waals surface area contributed by atoms with Gasteiger partial charge < -0.3 is 4.90 Å². The van der Waals surface area contributed by atoms with E-state index < -0.39 is 0 Å². The second-order valence-corrected chi connectivity index (χ2v) is 9.93. The monoisotopic (exact) mass is 525 g/mol. The molecule has 0 saturated heterocycles. The molecule has 3 heteroatoms. The highest BCUT2D eigenvalue weighted by molar-refractivity contribution is 9.10. The summed E-state index contributed by atoms with van der Waals surface area (Å²) < 4.78 is 3.37. The molecule has 0 spiro atoms. The van der Waals surface area contributed by atoms with Gasteiger partial charge in [0.05, 0.1) is 0 Å². The first-order valence-electron chi connectivity index (χ1n) is 12.3. The third kappa shape index (κ3) is 5.74. The van der Waals surface area contributed by atoms with Gasteiger partial charge >= 0.3 is 0 Å². The van der Waals surface area contributed by atoms with E-state index in [1.54, 1.807) is 0 Å². The van der Waals surface area contributed by atoms with Crippen LogP contribution >= 0.6 is 15.9 Å². The Labute approximate surface area is 218 Å². The van der Waals surface area contributed by atoms with E-state index in [4.69, 9.17) is 0 Å². The van der Waals surface area contributed by atoms with Gasteiger partial charge in [0.1, 0.15) is 7.05 Å². The highest BCUT2D eigenvalue weighted by atomic mass is 79.9. The number of nitrogens with zero attached hydrogens (tertiary/aromatic N) is 2. The third-order valence-corrected chi connectivity index (χ3v) is 7.32. The van der Waals surface area contributed by atoms with Crippen LogP contribution in [0.5, 0.6) is 0 Å². The van der Waals surface area contributed by atoms with Crippen LogP contribution in [0.1, 0.15) is 36.2 Å². The van der Waals surface area contributed by atoms with E-state index in [0.717, 1.165) is 23.3 Å². The molecule has 1 heterocycles. The van der Waals surface area contributed by atoms with Crippen molar-refractivity contribution >= 4 is 33.8 Å². The molecule has 0 atom stereocenters. The molecule has 2 nitrogen and oxygen atoms in total. The van der Waals surface area contributed by atoms with Crippen LogP contribution in [-0.4, -0.2) is 13.1 Å². The molecule has 3 aromatic carbocycles. The lowest BCUT2D eigenvalue weighted by Crippen LogP contribution is -2.34. The molecule has 0 N–H and O–H groups in total. The molecule has 0 unspecified atom stereocenters. The zero-order chi connectivity index (χ0) is 24.9. The lowest BCUT2D eigenvalue weighted by Gasteiger charge is -2.20. The van der Waals surface area contributed by atoms with Crippen LogP contribution in [-0.2, 0) is 7.05 Å². The van der Waals surface area contributed by atoms with Crippen molar-refractivity contribution in [3.8, 4) is 22.4 Å². The lowest BCUT2D eigenvalue weighted by molar-refractivity contribution is -0.662. The maximum atomic E-state index is 3.57. The van der Waals surface area contributed by atoms with Gasteiger partial charge in [0.15, 0.2) is 0 Å². The first-order chi connectivity index (χ1) is 16.9. The Balaban J connectivity index is 1.77. The number of hydrogen-bond acceptors (Lipinski definition) is 1. The van der Waals surface area contributed by atoms with Crippen LogP contribution in [0.15, 0.2) is 83.3 Å². The van der Waals surface area contributed by atoms with Crippen molar-refractivity contribution in [1.82, 2.24) is 0 Å². The molecular weight excluding hydrogens is 492 g/mol. The van der Waals surface area contributed by atoms with Crippen LogP contribution in [0.25, 0.3) is 34.5 Å². The standard InChI is InChI=1S/C32H34BrN2/c1-6-35(7-2)30-17-9-25(10-18-30)11-19-31-21-28(26-13-15-29(33)16-14-26)22-32(34(31)5)27-12-8-23(3)24(4)20-27/h8-22H,6-7H2,1-5H3/q+1. The van der Waals surface area contributed by atoms with Crippen LogP contribution in [0, 0.1) is 13.8 Å². The lowest BCUT2D eigenvalue weighted by atomic mass is 9.99. The molecule has 4 rings (SSSR count). The molecule has 0 fully saturated rings. The van der Waals surface area contributed by atoms with Crippen LogP contribution in [0.3, 0.4) is 0 Å². The second-order valence-electron chi connectivity index (χ2n) is 9.02. The molecule has 0 radical (unpaired) electrons. The molecule has 0 aliphatic rings. The first kappa shape index (κ1) is 24.9. The van der Waals surface area contributed by atoms with E-state index in [0.29, 0.717) is 0 Å². The van der Waals surface area contributed by atoms with Crippen molar-refractivity contribution in [1.29, 1.82) is 0 Å². The Morgan fingerprint density at radius 2 is 1.37 bits per heavy atom. The summed E-state index contributed by atoms with van der Waals surface area (Å²) in [6.07, 6.45) is 4.43. The highest BCUT2D eigenvalue weighted by Crippen LogP contribution is 2.28. The normalized spacial score (nSPS) is 11.3. The summed E-state index contributed by atoms with van der Waals surface area (Å²) in [7, 11) is 2.15. The Morgan fingerprint density at radius 3 is 2.00 bits per heavy atom. The molecule has 0 aliphatic carbocycles. The molecule has 0 bridgehead atoms. The molecule has 1 aromatic heterocycles. The van der Waals surface area contributed by atoms with Crippen LogP contribution in [0.2, 0.25) is 0 Å². The van der Waals surface area contributed by atoms with E-state index in [-0.39, 0.29) is 0 Å². The van der Waals surface area contributed by atoms with Gasteiger partial charge in [-0.15, -0.1) is 0 Å². The minimum Gasteiger partial charge on any atom is -0.372 e. The van der Waals surface area contributed by atoms with E-state index >= 15 is 0 Å². The van der Waals surface area contributed by atoms with Gasteiger partial charge in [-0.2, -0.15) is 4.57 Å². The first-order valence-corrected chi connectivity index (χ1v) is 13.1. The second kappa shape index (κ2) is 11.0. The smallest absolute Gasteiger partial charge is 0.213 e. The van der Waals surface area contributed by atoms with Crippen LogP contribution in [0.4, 0.5) is 5.69 Å². The van der Waals surface area contributed by atoms with E-state index in [1.807, 2.05) is 0 Å². The average molecular weight is 527 g/mol. The minimum atomic E-state index is 1.02. The summed E-state index contributed by atoms with van der Waals surface area (Å²) in [5, 5.41) is 0. The molecule has 178 valence electrons. The number of pyridine rings is 1. The molecule has 0 amide bonds. The van der Waals surface area contributed by atoms with E-state index in [2.05, 4.69) is 151 Å². The van der Waals surface area contributed by atoms with Crippen molar-refractivity contribution in [2.24, 2.45) is 7.05 Å². The predicted octanol–water partition coefficient (Wildman–Crippen LogP) is 8.24. The Kier molecular flexibility index (Phi) is 7.87. The van der Waals surface area contributed by atoms with Crippen molar-refractivity contribution < 1.29 is 4.57 Å². The van der Waals surface area contributed by atoms with Crippen molar-refractivity contribution in [2.75, 3.05) is 18.0 Å². The van der Waals surface area contributed by atoms with E-state index in [1.165, 1.54) is 44.8 Å². The quantitative estimate of drug-likeness (QED) is 0.220. The number of anilines is 1. The van der Waals surface area contributed by atoms with Crippen molar-refractivity contribution in [3.63, 3.8) is 0 Å². The van der Waals surface area contributed by atoms with Gasteiger partial charge in [-0.25, -0.2) is 0 Å². The van der Waals surface area contributed by atoms with E-state index in [9.17, 15) is 0 Å². The summed E-state index contributed by atoms with van der Waals surface area (Å²) in [4.78, 5) is 2.37. The van der Waals surface area contributed by atoms with Gasteiger partial charge in [-0.05, 0) is 98.0 Å². The van der Waals surface area contributed by atoms with Gasteiger partial charge in [-0.3, -0.25) is 0 Å². The predicted molar refractivity (Wildman–Crippen MR) is 155 cm³/mol. The summed E-state index contributed by atoms with van der Waals surface area (Å²) in [5.74, 6) is 0. The third-order valence-electron chi connectivity index (χ3n) is 6.79. The Bertz CT molecular complexity index is 1330. The number of benzene rings is 3. The molecule has 4 aromatic rings. The summed E-state index contributed by atoms with van der Waals surface area (Å²) in [6.45, 7) is 10.8. The average Bonchev–Trinajstić information content (AvgIpc) is 2.87. The topological polar surface area (TPSA) is 7.12 Å². The Hall–Kier alpha value is -3.17. The summed E-state index contributed by atoms with van der Waals surface area (Å²) in [6, 6.07) is 28.7. The van der Waals surface area contributed by atoms with Crippen molar-refractivity contribution in [2.45, 2.75) is 27.7 Å². The number of halogens is 1. The Morgan fingerprint density at radius 1 is 0.714 bits per heavy atom. The zero-order valence-electron chi connectivity index (χ0n) is 21.3. The van der Waals surface area contributed by atoms with Gasteiger partial charge in [0.25, 0.3) is 0 Å². The summed E-state index contributed by atoms with van der Waals surface area (Å²) >= 11 is 3.57. The minimum absolute atomic E-state index is 1.02. The van der Waals surface area contributed by atoms with Gasteiger partial charge in [0, 0.05) is 47.0 Å². The highest BCUT2D eigenvalue weighted by Gasteiger charge is 2.17. The number of hydrogen-bond donors (Lipinski definition) is 0. The SMILES string of the molecule is CCN(CC)c1ccc(C=Cc2cc(-c3ccc(Br)cc3)cc(-c3ccc(C)c(C)c3)[n+]2C)cc1. The molecular formula is C32H34BrN2+. The van der Waals surface area contributed by atoms with Gasteiger partial charge in [0.2, 0.25) is 11.4 Å². The largest absolute Gasteiger partial charge is 0.372 e. The molecule has 35 heavy (non-hydrogen) atoms. The number of rotatable bonds is 7. The molecule has 0 aliphatic heterocycles. The number of aromatic nitrogens is 1. The summed E-state index contributed by atoms with van der Waals surface area (Å²) in [5.41, 5.74) is 11.1. The van der Waals surface area contributed by atoms with Crippen LogP contribution < -0.4 is 9.47 Å². The maximum Gasteiger partial charge on any atom is 0.213 e.